The molecule has 0 radical (unpaired) electrons. The van der Waals surface area contributed by atoms with Crippen molar-refractivity contribution in [3.63, 3.8) is 0 Å². The Kier molecular flexibility index (Phi) is 7.12. The summed E-state index contributed by atoms with van der Waals surface area (Å²) in [5.41, 5.74) is 1.49. The van der Waals surface area contributed by atoms with Gasteiger partial charge in [-0.3, -0.25) is 24.5 Å². The predicted octanol–water partition coefficient (Wildman–Crippen LogP) is 4.97. The number of carbonyl (C=O) groups excluding carboxylic acids is 2. The van der Waals surface area contributed by atoms with E-state index in [1.54, 1.807) is 73.2 Å². The van der Waals surface area contributed by atoms with E-state index < -0.39 is 6.04 Å². The standard InChI is InChI=1S/C25H25ClN4O2/c26-19-9-11-21(12-10-19)30(25(32)22-8-4-5-15-28-22)23(18-13-16-27-17-14-18)24(31)29-20-6-2-1-3-7-20/h4-5,8-17,20,23H,1-3,6-7H2,(H,29,31)/t23-/m0/s1. The highest BCUT2D eigenvalue weighted by Crippen LogP contribution is 2.31. The maximum atomic E-state index is 13.7. The molecule has 4 rings (SSSR count). The number of nitrogens with one attached hydrogen (secondary N) is 1. The van der Waals surface area contributed by atoms with Crippen LogP contribution in [0.5, 0.6) is 0 Å². The molecule has 7 heteroatoms. The van der Waals surface area contributed by atoms with Crippen LogP contribution in [0.15, 0.2) is 73.2 Å². The number of nitrogens with zero attached hydrogens (tertiary/aromatic N) is 3. The largest absolute Gasteiger partial charge is 0.351 e. The van der Waals surface area contributed by atoms with E-state index in [-0.39, 0.29) is 23.6 Å². The number of rotatable bonds is 6. The fraction of sp³-hybridized carbons (Fsp3) is 0.280. The quantitative estimate of drug-likeness (QED) is 0.577. The summed E-state index contributed by atoms with van der Waals surface area (Å²) in [4.78, 5) is 37.1. The van der Waals surface area contributed by atoms with Gasteiger partial charge in [0.1, 0.15) is 11.7 Å². The minimum absolute atomic E-state index is 0.109. The van der Waals surface area contributed by atoms with E-state index in [1.165, 1.54) is 11.3 Å². The van der Waals surface area contributed by atoms with E-state index in [9.17, 15) is 9.59 Å². The van der Waals surface area contributed by atoms with Gasteiger partial charge in [0.2, 0.25) is 5.91 Å². The molecule has 0 bridgehead atoms. The fourth-order valence-electron chi connectivity index (χ4n) is 4.09. The van der Waals surface area contributed by atoms with Crippen LogP contribution in [0.2, 0.25) is 5.02 Å². The van der Waals surface area contributed by atoms with Crippen molar-refractivity contribution in [1.82, 2.24) is 15.3 Å². The van der Waals surface area contributed by atoms with Crippen molar-refractivity contribution in [3.05, 3.63) is 89.5 Å². The van der Waals surface area contributed by atoms with E-state index in [0.29, 0.717) is 16.3 Å². The minimum Gasteiger partial charge on any atom is -0.351 e. The average Bonchev–Trinajstić information content (AvgIpc) is 2.84. The lowest BCUT2D eigenvalue weighted by atomic mass is 9.94. The zero-order valence-corrected chi connectivity index (χ0v) is 18.4. The van der Waals surface area contributed by atoms with Crippen LogP contribution >= 0.6 is 11.6 Å². The molecule has 164 valence electrons. The Morgan fingerprint density at radius 2 is 1.66 bits per heavy atom. The first-order chi connectivity index (χ1) is 15.6. The van der Waals surface area contributed by atoms with Crippen LogP contribution in [-0.2, 0) is 4.79 Å². The molecule has 0 saturated heterocycles. The molecule has 1 fully saturated rings. The van der Waals surface area contributed by atoms with Gasteiger partial charge in [0.15, 0.2) is 0 Å². The van der Waals surface area contributed by atoms with Crippen molar-refractivity contribution >= 4 is 29.1 Å². The molecule has 3 aromatic rings. The van der Waals surface area contributed by atoms with Crippen molar-refractivity contribution in [2.75, 3.05) is 4.90 Å². The van der Waals surface area contributed by atoms with Gasteiger partial charge < -0.3 is 5.32 Å². The van der Waals surface area contributed by atoms with Crippen LogP contribution in [0, 0.1) is 0 Å². The number of anilines is 1. The second kappa shape index (κ2) is 10.4. The van der Waals surface area contributed by atoms with E-state index >= 15 is 0 Å². The molecule has 1 saturated carbocycles. The van der Waals surface area contributed by atoms with Gasteiger partial charge in [-0.1, -0.05) is 36.9 Å². The third-order valence-corrected chi connectivity index (χ3v) is 5.94. The maximum absolute atomic E-state index is 13.7. The highest BCUT2D eigenvalue weighted by Gasteiger charge is 2.35. The van der Waals surface area contributed by atoms with E-state index in [2.05, 4.69) is 15.3 Å². The highest BCUT2D eigenvalue weighted by atomic mass is 35.5. The fourth-order valence-corrected chi connectivity index (χ4v) is 4.21. The maximum Gasteiger partial charge on any atom is 0.277 e. The molecule has 6 nitrogen and oxygen atoms in total. The number of hydrogen-bond donors (Lipinski definition) is 1. The number of benzene rings is 1. The van der Waals surface area contributed by atoms with E-state index in [1.807, 2.05) is 0 Å². The first kappa shape index (κ1) is 22.0. The Morgan fingerprint density at radius 3 is 2.31 bits per heavy atom. The van der Waals surface area contributed by atoms with Crippen molar-refractivity contribution in [2.45, 2.75) is 44.2 Å². The van der Waals surface area contributed by atoms with Gasteiger partial charge in [0.05, 0.1) is 0 Å². The molecule has 32 heavy (non-hydrogen) atoms. The highest BCUT2D eigenvalue weighted by molar-refractivity contribution is 6.30. The number of hydrogen-bond acceptors (Lipinski definition) is 4. The second-order valence-electron chi connectivity index (χ2n) is 7.89. The molecule has 2 heterocycles. The van der Waals surface area contributed by atoms with Crippen molar-refractivity contribution in [1.29, 1.82) is 0 Å². The molecule has 2 amide bonds. The Hall–Kier alpha value is -3.25. The van der Waals surface area contributed by atoms with Crippen LogP contribution in [0.3, 0.4) is 0 Å². The third kappa shape index (κ3) is 5.14. The van der Waals surface area contributed by atoms with E-state index in [0.717, 1.165) is 25.7 Å². The van der Waals surface area contributed by atoms with Gasteiger partial charge in [0.25, 0.3) is 5.91 Å². The Bertz CT molecular complexity index is 1040. The lowest BCUT2D eigenvalue weighted by molar-refractivity contribution is -0.123. The van der Waals surface area contributed by atoms with E-state index in [4.69, 9.17) is 11.6 Å². The van der Waals surface area contributed by atoms with Crippen molar-refractivity contribution < 1.29 is 9.59 Å². The summed E-state index contributed by atoms with van der Waals surface area (Å²) in [7, 11) is 0. The topological polar surface area (TPSA) is 75.2 Å². The first-order valence-corrected chi connectivity index (χ1v) is 11.2. The Morgan fingerprint density at radius 1 is 0.938 bits per heavy atom. The molecule has 0 unspecified atom stereocenters. The van der Waals surface area contributed by atoms with Crippen molar-refractivity contribution in [2.24, 2.45) is 0 Å². The summed E-state index contributed by atoms with van der Waals surface area (Å²) in [6, 6.07) is 14.8. The number of pyridine rings is 2. The summed E-state index contributed by atoms with van der Waals surface area (Å²) in [5, 5.41) is 3.73. The summed E-state index contributed by atoms with van der Waals surface area (Å²) in [6.07, 6.45) is 10.1. The van der Waals surface area contributed by atoms with Gasteiger partial charge in [0, 0.05) is 35.3 Å². The van der Waals surface area contributed by atoms with Gasteiger partial charge >= 0.3 is 0 Å². The van der Waals surface area contributed by atoms with Gasteiger partial charge in [-0.2, -0.15) is 0 Å². The molecular weight excluding hydrogens is 424 g/mol. The minimum atomic E-state index is -0.879. The molecule has 1 aromatic carbocycles. The zero-order valence-electron chi connectivity index (χ0n) is 17.7. The number of halogens is 1. The van der Waals surface area contributed by atoms with Crippen LogP contribution < -0.4 is 10.2 Å². The lowest BCUT2D eigenvalue weighted by Crippen LogP contribution is -2.47. The molecule has 1 aliphatic carbocycles. The molecule has 1 N–H and O–H groups in total. The third-order valence-electron chi connectivity index (χ3n) is 5.69. The summed E-state index contributed by atoms with van der Waals surface area (Å²) < 4.78 is 0. The molecule has 2 aromatic heterocycles. The van der Waals surface area contributed by atoms with Crippen molar-refractivity contribution in [3.8, 4) is 0 Å². The summed E-state index contributed by atoms with van der Waals surface area (Å²) in [5.74, 6) is -0.587. The smallest absolute Gasteiger partial charge is 0.277 e. The number of carbonyl (C=O) groups is 2. The molecule has 0 aliphatic heterocycles. The molecular formula is C25H25ClN4O2. The van der Waals surface area contributed by atoms with Gasteiger partial charge in [-0.05, 0) is 66.9 Å². The SMILES string of the molecule is O=C(NC1CCCCC1)[C@H](c1ccncc1)N(C(=O)c1ccccn1)c1ccc(Cl)cc1. The first-order valence-electron chi connectivity index (χ1n) is 10.8. The van der Waals surface area contributed by atoms with Crippen LogP contribution in [-0.4, -0.2) is 27.8 Å². The Labute approximate surface area is 192 Å². The van der Waals surface area contributed by atoms with Crippen LogP contribution in [0.4, 0.5) is 5.69 Å². The normalized spacial score (nSPS) is 15.0. The summed E-state index contributed by atoms with van der Waals surface area (Å²) >= 11 is 6.10. The number of aromatic nitrogens is 2. The predicted molar refractivity (Wildman–Crippen MR) is 124 cm³/mol. The average molecular weight is 449 g/mol. The second-order valence-corrected chi connectivity index (χ2v) is 8.33. The summed E-state index contributed by atoms with van der Waals surface area (Å²) in [6.45, 7) is 0. The monoisotopic (exact) mass is 448 g/mol. The Balaban J connectivity index is 1.77. The lowest BCUT2D eigenvalue weighted by Gasteiger charge is -2.33. The van der Waals surface area contributed by atoms with Crippen LogP contribution in [0.1, 0.15) is 54.2 Å². The van der Waals surface area contributed by atoms with Gasteiger partial charge in [-0.25, -0.2) is 0 Å². The molecule has 1 aliphatic rings. The van der Waals surface area contributed by atoms with Crippen LogP contribution in [0.25, 0.3) is 0 Å². The molecule has 1 atom stereocenters. The number of amides is 2. The van der Waals surface area contributed by atoms with Gasteiger partial charge in [-0.15, -0.1) is 0 Å². The molecule has 0 spiro atoms. The zero-order chi connectivity index (χ0) is 22.3.